The predicted octanol–water partition coefficient (Wildman–Crippen LogP) is 7.46. The number of likely N-dealkylation sites (tertiary alicyclic amines) is 1. The van der Waals surface area contributed by atoms with E-state index in [9.17, 15) is 23.5 Å². The van der Waals surface area contributed by atoms with Gasteiger partial charge in [0.1, 0.15) is 35.6 Å². The molecule has 7 nitrogen and oxygen atoms in total. The maximum absolute atomic E-state index is 14.5. The molecule has 0 bridgehead atoms. The van der Waals surface area contributed by atoms with Crippen molar-refractivity contribution >= 4 is 11.9 Å². The number of ether oxygens (including phenoxy) is 2. The van der Waals surface area contributed by atoms with E-state index in [-0.39, 0.29) is 23.8 Å². The van der Waals surface area contributed by atoms with Crippen molar-refractivity contribution in [3.05, 3.63) is 137 Å². The molecular weight excluding hydrogens is 674 g/mol. The lowest BCUT2D eigenvalue weighted by atomic mass is 9.87. The van der Waals surface area contributed by atoms with Gasteiger partial charge in [-0.3, -0.25) is 9.69 Å². The van der Waals surface area contributed by atoms with Gasteiger partial charge < -0.3 is 19.5 Å². The highest BCUT2D eigenvalue weighted by Crippen LogP contribution is 2.32. The van der Waals surface area contributed by atoms with Crippen molar-refractivity contribution in [2.75, 3.05) is 13.7 Å². The van der Waals surface area contributed by atoms with Gasteiger partial charge in [0.15, 0.2) is 0 Å². The number of aryl methyl sites for hydroxylation is 1. The van der Waals surface area contributed by atoms with E-state index in [2.05, 4.69) is 17.9 Å². The highest BCUT2D eigenvalue weighted by atomic mass is 19.1. The summed E-state index contributed by atoms with van der Waals surface area (Å²) in [6.45, 7) is 3.58. The Bertz CT molecular complexity index is 1800. The summed E-state index contributed by atoms with van der Waals surface area (Å²) in [5.74, 6) is -1.59. The number of hydrogen-bond donors (Lipinski definition) is 1. The molecular formula is C44H50F2N2O5. The number of nitrogens with zero attached hydrogens (tertiary/aromatic N) is 2. The smallest absolute Gasteiger partial charge is 0.329 e. The van der Waals surface area contributed by atoms with Crippen molar-refractivity contribution in [2.45, 2.75) is 95.7 Å². The van der Waals surface area contributed by atoms with Crippen molar-refractivity contribution < 1.29 is 33.0 Å². The molecule has 2 heterocycles. The zero-order valence-corrected chi connectivity index (χ0v) is 30.6. The second kappa shape index (κ2) is 18.0. The number of halogens is 2. The maximum Gasteiger partial charge on any atom is 0.329 e. The summed E-state index contributed by atoms with van der Waals surface area (Å²) in [5, 5.41) is 12.4. The fourth-order valence-electron chi connectivity index (χ4n) is 7.89. The van der Waals surface area contributed by atoms with E-state index in [0.717, 1.165) is 53.3 Å². The number of methoxy groups -OCH3 is 1. The molecule has 6 rings (SSSR count). The third-order valence-corrected chi connectivity index (χ3v) is 10.8. The van der Waals surface area contributed by atoms with Gasteiger partial charge in [-0.2, -0.15) is 0 Å². The number of amides is 1. The topological polar surface area (TPSA) is 79.3 Å². The molecule has 4 aromatic rings. The molecule has 4 aromatic carbocycles. The molecule has 5 atom stereocenters. The molecule has 1 N–H and O–H groups in total. The molecule has 2 aliphatic rings. The van der Waals surface area contributed by atoms with Crippen molar-refractivity contribution in [1.29, 1.82) is 0 Å². The van der Waals surface area contributed by atoms with E-state index >= 15 is 0 Å². The minimum atomic E-state index is -1.24. The van der Waals surface area contributed by atoms with Crippen LogP contribution in [0.1, 0.15) is 66.8 Å². The second-order valence-corrected chi connectivity index (χ2v) is 14.4. The van der Waals surface area contributed by atoms with Crippen LogP contribution >= 0.6 is 0 Å². The minimum absolute atomic E-state index is 0.0488. The lowest BCUT2D eigenvalue weighted by Crippen LogP contribution is -2.54. The number of benzene rings is 4. The Morgan fingerprint density at radius 3 is 2.30 bits per heavy atom. The van der Waals surface area contributed by atoms with Gasteiger partial charge in [0.25, 0.3) is 0 Å². The highest BCUT2D eigenvalue weighted by molar-refractivity contribution is 5.87. The first-order valence-electron chi connectivity index (χ1n) is 18.8. The van der Waals surface area contributed by atoms with Gasteiger partial charge in [-0.1, -0.05) is 86.5 Å². The highest BCUT2D eigenvalue weighted by Gasteiger charge is 2.42. The third kappa shape index (κ3) is 9.69. The second-order valence-electron chi connectivity index (χ2n) is 14.4. The fourth-order valence-corrected chi connectivity index (χ4v) is 7.89. The zero-order chi connectivity index (χ0) is 37.3. The molecule has 0 aromatic heterocycles. The number of fused-ring (bicyclic) bond motifs is 1. The summed E-state index contributed by atoms with van der Waals surface area (Å²) in [5.41, 5.74) is 4.51. The quantitative estimate of drug-likeness (QED) is 0.121. The number of rotatable bonds is 16. The van der Waals surface area contributed by atoms with Crippen LogP contribution in [0.2, 0.25) is 0 Å². The first-order valence-corrected chi connectivity index (χ1v) is 18.8. The molecule has 1 amide bonds. The van der Waals surface area contributed by atoms with Crippen LogP contribution in [0.15, 0.2) is 97.1 Å². The maximum atomic E-state index is 14.5. The van der Waals surface area contributed by atoms with Crippen LogP contribution in [0.25, 0.3) is 0 Å². The lowest BCUT2D eigenvalue weighted by molar-refractivity contribution is -0.167. The normalized spacial score (nSPS) is 19.0. The Morgan fingerprint density at radius 1 is 0.906 bits per heavy atom. The van der Waals surface area contributed by atoms with Crippen LogP contribution in [-0.4, -0.2) is 64.7 Å². The van der Waals surface area contributed by atoms with E-state index < -0.39 is 41.9 Å². The van der Waals surface area contributed by atoms with E-state index in [4.69, 9.17) is 9.47 Å². The molecule has 0 radical (unpaired) electrons. The van der Waals surface area contributed by atoms with E-state index in [1.807, 2.05) is 72.8 Å². The lowest BCUT2D eigenvalue weighted by Gasteiger charge is -2.42. The fraction of sp³-hybridized carbons (Fsp3) is 0.409. The number of unbranched alkanes of at least 4 members (excludes halogenated alkanes) is 1. The van der Waals surface area contributed by atoms with Gasteiger partial charge in [-0.15, -0.1) is 0 Å². The first kappa shape index (κ1) is 38.1. The van der Waals surface area contributed by atoms with Crippen molar-refractivity contribution in [3.63, 3.8) is 0 Å². The van der Waals surface area contributed by atoms with Crippen LogP contribution in [-0.2, 0) is 46.7 Å². The molecule has 280 valence electrons. The minimum Gasteiger partial charge on any atom is -0.497 e. The van der Waals surface area contributed by atoms with Gasteiger partial charge in [-0.25, -0.2) is 13.6 Å². The van der Waals surface area contributed by atoms with Gasteiger partial charge >= 0.3 is 5.97 Å². The monoisotopic (exact) mass is 724 g/mol. The van der Waals surface area contributed by atoms with Crippen LogP contribution in [0.5, 0.6) is 5.75 Å². The summed E-state index contributed by atoms with van der Waals surface area (Å²) in [4.78, 5) is 32.0. The average molecular weight is 725 g/mol. The molecule has 9 heteroatoms. The molecule has 0 saturated carbocycles. The van der Waals surface area contributed by atoms with Crippen LogP contribution in [0.3, 0.4) is 0 Å². The van der Waals surface area contributed by atoms with Crippen molar-refractivity contribution in [2.24, 2.45) is 5.92 Å². The number of aliphatic hydroxyl groups is 1. The number of hydrogen-bond acceptors (Lipinski definition) is 6. The summed E-state index contributed by atoms with van der Waals surface area (Å²) >= 11 is 0. The summed E-state index contributed by atoms with van der Waals surface area (Å²) < 4.78 is 40.7. The van der Waals surface area contributed by atoms with Crippen LogP contribution in [0, 0.1) is 17.6 Å². The number of aliphatic hydroxyl groups excluding tert-OH is 1. The van der Waals surface area contributed by atoms with E-state index in [1.165, 1.54) is 12.1 Å². The van der Waals surface area contributed by atoms with E-state index in [0.29, 0.717) is 45.3 Å². The molecule has 1 saturated heterocycles. The van der Waals surface area contributed by atoms with Crippen LogP contribution < -0.4 is 4.74 Å². The Labute approximate surface area is 311 Å². The summed E-state index contributed by atoms with van der Waals surface area (Å²) in [6.07, 6.45) is 2.19. The van der Waals surface area contributed by atoms with Gasteiger partial charge in [0, 0.05) is 44.1 Å². The molecule has 3 unspecified atom stereocenters. The van der Waals surface area contributed by atoms with Crippen molar-refractivity contribution in [1.82, 2.24) is 9.80 Å². The molecule has 0 aliphatic carbocycles. The van der Waals surface area contributed by atoms with Crippen molar-refractivity contribution in [3.8, 4) is 5.75 Å². The predicted molar refractivity (Wildman–Crippen MR) is 200 cm³/mol. The van der Waals surface area contributed by atoms with E-state index in [1.54, 1.807) is 12.0 Å². The summed E-state index contributed by atoms with van der Waals surface area (Å²) in [7, 11) is 1.62. The Hall–Kier alpha value is -4.60. The standard InChI is InChI=1S/C44H50F2N2O5/c1-3-4-12-33-21-22-48(43(33)50)39(20-17-30-10-6-5-7-11-30)44(51)53-41(25-32-23-36(45)27-37(46)24-32)42(49)40-26-34-13-8-9-14-35(34)29-47(40)28-31-15-18-38(52-2)19-16-31/h5-11,13-16,18-19,23-24,27,33,39-42,49H,3-4,12,17,20-22,25-26,28-29H2,1-2H3/t33?,39?,40?,41-,42+/m0/s1. The molecule has 53 heavy (non-hydrogen) atoms. The first-order chi connectivity index (χ1) is 25.7. The molecule has 0 spiro atoms. The Morgan fingerprint density at radius 2 is 1.60 bits per heavy atom. The largest absolute Gasteiger partial charge is 0.497 e. The van der Waals surface area contributed by atoms with Crippen LogP contribution in [0.4, 0.5) is 8.78 Å². The summed E-state index contributed by atoms with van der Waals surface area (Å²) in [6, 6.07) is 27.4. The Balaban J connectivity index is 1.31. The Kier molecular flexibility index (Phi) is 12.9. The number of carbonyl (C=O) groups is 2. The third-order valence-electron chi connectivity index (χ3n) is 10.8. The van der Waals surface area contributed by atoms with Gasteiger partial charge in [0.2, 0.25) is 5.91 Å². The van der Waals surface area contributed by atoms with Gasteiger partial charge in [0.05, 0.1) is 7.11 Å². The zero-order valence-electron chi connectivity index (χ0n) is 30.6. The van der Waals surface area contributed by atoms with Gasteiger partial charge in [-0.05, 0) is 84.2 Å². The SMILES string of the molecule is CCCCC1CCN(C(CCc2ccccc2)C(=O)O[C@@H](Cc2cc(F)cc(F)c2)[C@H](O)C2Cc3ccccc3CN2Cc2ccc(OC)cc2)C1=O. The number of carbonyl (C=O) groups excluding carboxylic acids is 2. The molecule has 2 aliphatic heterocycles. The number of esters is 1. The molecule has 1 fully saturated rings. The average Bonchev–Trinajstić information content (AvgIpc) is 3.52.